The number of nitrogen functional groups attached to an aromatic ring is 1. The van der Waals surface area contributed by atoms with Crippen molar-refractivity contribution in [2.24, 2.45) is 0 Å². The molecule has 1 atom stereocenters. The van der Waals surface area contributed by atoms with Gasteiger partial charge in [0.25, 0.3) is 5.69 Å². The zero-order chi connectivity index (χ0) is 23.4. The molecule has 168 valence electrons. The lowest BCUT2D eigenvalue weighted by molar-refractivity contribution is -0.383. The number of rotatable bonds is 6. The highest BCUT2D eigenvalue weighted by Gasteiger charge is 2.28. The van der Waals surface area contributed by atoms with E-state index in [-0.39, 0.29) is 28.1 Å². The molecule has 1 aliphatic rings. The summed E-state index contributed by atoms with van der Waals surface area (Å²) in [5, 5.41) is 14.7. The molecule has 32 heavy (non-hydrogen) atoms. The lowest BCUT2D eigenvalue weighted by Gasteiger charge is -2.33. The Morgan fingerprint density at radius 3 is 2.62 bits per heavy atom. The molecule has 0 aliphatic carbocycles. The molecule has 2 aromatic rings. The molecule has 0 radical (unpaired) electrons. The summed E-state index contributed by atoms with van der Waals surface area (Å²) in [6.45, 7) is 3.02. The number of anilines is 1. The van der Waals surface area contributed by atoms with Crippen molar-refractivity contribution in [3.63, 3.8) is 0 Å². The number of benzene rings is 2. The van der Waals surface area contributed by atoms with E-state index in [2.05, 4.69) is 5.32 Å². The Morgan fingerprint density at radius 2 is 1.97 bits per heavy atom. The van der Waals surface area contributed by atoms with Crippen LogP contribution in [0.15, 0.2) is 46.2 Å². The number of nitro benzene ring substituents is 1. The van der Waals surface area contributed by atoms with Crippen LogP contribution in [-0.4, -0.2) is 47.2 Å². The van der Waals surface area contributed by atoms with Gasteiger partial charge in [0, 0.05) is 41.6 Å². The first-order valence-corrected chi connectivity index (χ1v) is 11.1. The highest BCUT2D eigenvalue weighted by molar-refractivity contribution is 7.99. The number of carbonyl (C=O) groups excluding carboxylic acids is 2. The molecule has 0 spiro atoms. The Labute approximate surface area is 198 Å². The number of Topliss-reactive ketones (excluding diaryl/α,β-unsaturated/α-hetero) is 1. The Hall–Kier alpha value is -2.59. The molecule has 1 fully saturated rings. The first-order chi connectivity index (χ1) is 15.2. The molecular weight excluding hydrogens is 475 g/mol. The number of hydrogen-bond donors (Lipinski definition) is 2. The zero-order valence-corrected chi connectivity index (χ0v) is 19.3. The van der Waals surface area contributed by atoms with E-state index in [0.717, 1.165) is 0 Å². The predicted molar refractivity (Wildman–Crippen MR) is 126 cm³/mol. The summed E-state index contributed by atoms with van der Waals surface area (Å²) in [4.78, 5) is 37.5. The van der Waals surface area contributed by atoms with Crippen LogP contribution < -0.4 is 11.1 Å². The number of ketones is 1. The number of carbonyl (C=O) groups is 2. The highest BCUT2D eigenvalue weighted by Crippen LogP contribution is 2.41. The molecule has 1 aliphatic heterocycles. The fraction of sp³-hybridized carbons (Fsp3) is 0.238. The lowest BCUT2D eigenvalue weighted by atomic mass is 10.1. The number of hydrogen-bond acceptors (Lipinski definition) is 7. The van der Waals surface area contributed by atoms with E-state index in [4.69, 9.17) is 28.9 Å². The number of amides is 1. The van der Waals surface area contributed by atoms with Gasteiger partial charge in [0.05, 0.1) is 15.0 Å². The first kappa shape index (κ1) is 24.1. The van der Waals surface area contributed by atoms with E-state index >= 15 is 0 Å². The van der Waals surface area contributed by atoms with Crippen molar-refractivity contribution in [3.05, 3.63) is 62.1 Å². The van der Waals surface area contributed by atoms with Crippen molar-refractivity contribution in [1.82, 2.24) is 10.2 Å². The van der Waals surface area contributed by atoms with Gasteiger partial charge in [-0.1, -0.05) is 41.0 Å². The third-order valence-corrected chi connectivity index (χ3v) is 6.85. The van der Waals surface area contributed by atoms with Gasteiger partial charge < -0.3 is 16.0 Å². The van der Waals surface area contributed by atoms with E-state index in [1.807, 2.05) is 0 Å². The van der Waals surface area contributed by atoms with Crippen LogP contribution in [0.1, 0.15) is 12.5 Å². The van der Waals surface area contributed by atoms with Gasteiger partial charge >= 0.3 is 0 Å². The molecule has 1 heterocycles. The summed E-state index contributed by atoms with van der Waals surface area (Å²) >= 11 is 13.8. The van der Waals surface area contributed by atoms with Crippen LogP contribution in [0, 0.1) is 10.1 Å². The highest BCUT2D eigenvalue weighted by atomic mass is 35.5. The van der Waals surface area contributed by atoms with Crippen molar-refractivity contribution in [3.8, 4) is 0 Å². The maximum absolute atomic E-state index is 12.6. The second-order valence-electron chi connectivity index (χ2n) is 7.09. The predicted octanol–water partition coefficient (Wildman–Crippen LogP) is 4.04. The Balaban J connectivity index is 1.74. The van der Waals surface area contributed by atoms with Crippen molar-refractivity contribution in [1.29, 1.82) is 0 Å². The fourth-order valence-electron chi connectivity index (χ4n) is 3.21. The maximum atomic E-state index is 12.6. The summed E-state index contributed by atoms with van der Waals surface area (Å²) < 4.78 is 0. The summed E-state index contributed by atoms with van der Waals surface area (Å²) in [5.41, 5.74) is 6.20. The summed E-state index contributed by atoms with van der Waals surface area (Å²) in [6, 6.07) is 7.40. The second kappa shape index (κ2) is 10.4. The lowest BCUT2D eigenvalue weighted by Crippen LogP contribution is -2.56. The standard InChI is InChI=1S/C21H20Cl2N4O4S/c1-12(28)18-11-25-6-7-26(18)21(29)5-3-13-2-4-19(14(22)8-13)32-20-10-16(24)17(27(30)31)9-15(20)23/h2-5,8-10,18,25H,6-7,11,24H2,1H3/b5-3+. The minimum Gasteiger partial charge on any atom is -0.393 e. The SMILES string of the molecule is CC(=O)C1CNCCN1C(=O)/C=C/c1ccc(Sc2cc(N)c([N+](=O)[O-])cc2Cl)c(Cl)c1. The molecule has 1 saturated heterocycles. The van der Waals surface area contributed by atoms with Gasteiger partial charge in [-0.2, -0.15) is 0 Å². The van der Waals surface area contributed by atoms with Crippen molar-refractivity contribution >= 4 is 64.1 Å². The summed E-state index contributed by atoms with van der Waals surface area (Å²) in [7, 11) is 0. The number of halogens is 2. The Kier molecular flexibility index (Phi) is 7.78. The molecule has 1 unspecified atom stereocenters. The summed E-state index contributed by atoms with van der Waals surface area (Å²) in [6.07, 6.45) is 3.06. The van der Waals surface area contributed by atoms with E-state index < -0.39 is 11.0 Å². The van der Waals surface area contributed by atoms with Crippen molar-refractivity contribution in [2.45, 2.75) is 22.8 Å². The van der Waals surface area contributed by atoms with Crippen molar-refractivity contribution in [2.75, 3.05) is 25.4 Å². The fourth-order valence-corrected chi connectivity index (χ4v) is 4.66. The first-order valence-electron chi connectivity index (χ1n) is 9.58. The maximum Gasteiger partial charge on any atom is 0.293 e. The van der Waals surface area contributed by atoms with Gasteiger partial charge in [-0.25, -0.2) is 0 Å². The molecule has 3 N–H and O–H groups in total. The Bertz CT molecular complexity index is 1110. The van der Waals surface area contributed by atoms with E-state index in [0.29, 0.717) is 40.0 Å². The normalized spacial score (nSPS) is 16.3. The van der Waals surface area contributed by atoms with Gasteiger partial charge in [0.2, 0.25) is 5.91 Å². The second-order valence-corrected chi connectivity index (χ2v) is 8.98. The van der Waals surface area contributed by atoms with E-state index in [1.54, 1.807) is 29.2 Å². The largest absolute Gasteiger partial charge is 0.393 e. The third kappa shape index (κ3) is 5.60. The van der Waals surface area contributed by atoms with Gasteiger partial charge in [-0.15, -0.1) is 0 Å². The molecule has 0 saturated carbocycles. The zero-order valence-electron chi connectivity index (χ0n) is 17.0. The minimum atomic E-state index is -0.593. The van der Waals surface area contributed by atoms with Crippen LogP contribution in [-0.2, 0) is 9.59 Å². The van der Waals surface area contributed by atoms with Crippen LogP contribution >= 0.6 is 35.0 Å². The van der Waals surface area contributed by atoms with E-state index in [9.17, 15) is 19.7 Å². The number of nitrogens with two attached hydrogens (primary N) is 1. The third-order valence-electron chi connectivity index (χ3n) is 4.87. The van der Waals surface area contributed by atoms with Crippen LogP contribution in [0.3, 0.4) is 0 Å². The number of piperazine rings is 1. The van der Waals surface area contributed by atoms with Gasteiger partial charge in [-0.3, -0.25) is 19.7 Å². The average Bonchev–Trinajstić information content (AvgIpc) is 2.75. The molecule has 0 aromatic heterocycles. The number of nitro groups is 1. The van der Waals surface area contributed by atoms with Gasteiger partial charge in [0.15, 0.2) is 5.78 Å². The number of nitrogens with zero attached hydrogens (tertiary/aromatic N) is 2. The molecule has 8 nitrogen and oxygen atoms in total. The molecule has 2 aromatic carbocycles. The quantitative estimate of drug-likeness (QED) is 0.269. The average molecular weight is 495 g/mol. The van der Waals surface area contributed by atoms with Crippen molar-refractivity contribution < 1.29 is 14.5 Å². The van der Waals surface area contributed by atoms with Gasteiger partial charge in [-0.05, 0) is 36.8 Å². The Morgan fingerprint density at radius 1 is 1.25 bits per heavy atom. The minimum absolute atomic E-state index is 0.00728. The van der Waals surface area contributed by atoms with Crippen LogP contribution in [0.25, 0.3) is 6.08 Å². The van der Waals surface area contributed by atoms with Crippen LogP contribution in [0.2, 0.25) is 10.0 Å². The topological polar surface area (TPSA) is 119 Å². The van der Waals surface area contributed by atoms with Gasteiger partial charge in [0.1, 0.15) is 11.7 Å². The molecule has 0 bridgehead atoms. The molecule has 1 amide bonds. The molecular formula is C21H20Cl2N4O4S. The van der Waals surface area contributed by atoms with E-state index in [1.165, 1.54) is 36.9 Å². The van der Waals surface area contributed by atoms with Crippen LogP contribution in [0.5, 0.6) is 0 Å². The molecule has 11 heteroatoms. The smallest absolute Gasteiger partial charge is 0.293 e. The van der Waals surface area contributed by atoms with Crippen LogP contribution in [0.4, 0.5) is 11.4 Å². The summed E-state index contributed by atoms with van der Waals surface area (Å²) in [5.74, 6) is -0.302. The number of nitrogens with one attached hydrogen (secondary N) is 1. The monoisotopic (exact) mass is 494 g/mol. The molecule has 3 rings (SSSR count).